The number of rotatable bonds is 1. The Labute approximate surface area is 35.6 Å². The second-order valence-corrected chi connectivity index (χ2v) is 1.58. The van der Waals surface area contributed by atoms with Crippen LogP contribution in [-0.2, 0) is 0 Å². The molecule has 0 fully saturated rings. The smallest absolute Gasteiger partial charge is 0.112 e. The molecular formula is C4H4N2. The molecule has 2 aliphatic heterocycles. The molecule has 0 aromatic rings. The van der Waals surface area contributed by atoms with E-state index in [1.807, 2.05) is 12.4 Å². The molecule has 2 aliphatic rings. The first-order valence-corrected chi connectivity index (χ1v) is 2.03. The van der Waals surface area contributed by atoms with E-state index in [1.54, 1.807) is 0 Å². The molecule has 2 heteroatoms. The lowest BCUT2D eigenvalue weighted by Gasteiger charge is -1.75. The molecule has 0 radical (unpaired) electrons. The second-order valence-electron chi connectivity index (χ2n) is 1.58. The maximum Gasteiger partial charge on any atom is 0.112 e. The van der Waals surface area contributed by atoms with Crippen LogP contribution in [-0.4, -0.2) is 24.5 Å². The summed E-state index contributed by atoms with van der Waals surface area (Å²) in [4.78, 5) is 7.83. The van der Waals surface area contributed by atoms with Gasteiger partial charge >= 0.3 is 0 Å². The lowest BCUT2D eigenvalue weighted by molar-refractivity contribution is 0.973. The van der Waals surface area contributed by atoms with Gasteiger partial charge in [0.2, 0.25) is 0 Å². The minimum absolute atomic E-state index is 0.491. The molecule has 2 atom stereocenters. The third kappa shape index (κ3) is 0.210. The van der Waals surface area contributed by atoms with Gasteiger partial charge in [0.1, 0.15) is 12.1 Å². The molecule has 2 heterocycles. The highest BCUT2D eigenvalue weighted by Gasteiger charge is 2.29. The number of aliphatic imine (C=N–C) groups is 2. The predicted octanol–water partition coefficient (Wildman–Crippen LogP) is -0.108. The lowest BCUT2D eigenvalue weighted by Crippen LogP contribution is -1.98. The van der Waals surface area contributed by atoms with Crippen molar-refractivity contribution in [1.82, 2.24) is 0 Å². The molecule has 2 nitrogen and oxygen atoms in total. The fourth-order valence-electron chi connectivity index (χ4n) is 0.452. The second kappa shape index (κ2) is 0.555. The molecule has 0 bridgehead atoms. The molecule has 0 spiro atoms. The molecule has 0 aliphatic carbocycles. The van der Waals surface area contributed by atoms with Gasteiger partial charge in [0, 0.05) is 12.4 Å². The summed E-state index contributed by atoms with van der Waals surface area (Å²) in [6.07, 6.45) is 3.86. The van der Waals surface area contributed by atoms with Gasteiger partial charge in [-0.05, 0) is 0 Å². The topological polar surface area (TPSA) is 24.7 Å². The summed E-state index contributed by atoms with van der Waals surface area (Å²) >= 11 is 0. The van der Waals surface area contributed by atoms with Crippen molar-refractivity contribution in [1.29, 1.82) is 0 Å². The van der Waals surface area contributed by atoms with Crippen LogP contribution in [0.15, 0.2) is 9.98 Å². The van der Waals surface area contributed by atoms with Crippen molar-refractivity contribution in [3.8, 4) is 0 Å². The van der Waals surface area contributed by atoms with Gasteiger partial charge in [-0.25, -0.2) is 0 Å². The summed E-state index contributed by atoms with van der Waals surface area (Å²) in [5, 5.41) is 0. The van der Waals surface area contributed by atoms with Crippen LogP contribution < -0.4 is 0 Å². The number of hydrogen-bond acceptors (Lipinski definition) is 2. The van der Waals surface area contributed by atoms with E-state index < -0.39 is 0 Å². The third-order valence-corrected chi connectivity index (χ3v) is 0.992. The average Bonchev–Trinajstić information content (AvgIpc) is 2.26. The van der Waals surface area contributed by atoms with Crippen LogP contribution in [0, 0.1) is 0 Å². The molecular weight excluding hydrogens is 76.1 g/mol. The Bertz CT molecular complexity index is 97.5. The Morgan fingerprint density at radius 3 is 1.50 bits per heavy atom. The quantitative estimate of drug-likeness (QED) is 0.420. The van der Waals surface area contributed by atoms with Gasteiger partial charge in [0.05, 0.1) is 0 Å². The Hall–Kier alpha value is -0.660. The summed E-state index contributed by atoms with van der Waals surface area (Å²) in [5.74, 6) is 0. The van der Waals surface area contributed by atoms with Crippen LogP contribution in [0.2, 0.25) is 0 Å². The molecule has 0 aromatic carbocycles. The van der Waals surface area contributed by atoms with Crippen molar-refractivity contribution in [2.24, 2.45) is 9.98 Å². The predicted molar refractivity (Wildman–Crippen MR) is 24.6 cm³/mol. The van der Waals surface area contributed by atoms with E-state index in [4.69, 9.17) is 0 Å². The maximum absolute atomic E-state index is 3.91. The Morgan fingerprint density at radius 2 is 1.33 bits per heavy atom. The van der Waals surface area contributed by atoms with Crippen molar-refractivity contribution >= 4 is 12.4 Å². The van der Waals surface area contributed by atoms with E-state index in [0.29, 0.717) is 12.1 Å². The number of hydrogen-bond donors (Lipinski definition) is 0. The Balaban J connectivity index is 1.97. The zero-order valence-corrected chi connectivity index (χ0v) is 3.20. The van der Waals surface area contributed by atoms with Crippen molar-refractivity contribution in [3.63, 3.8) is 0 Å². The van der Waals surface area contributed by atoms with Gasteiger partial charge in [0.25, 0.3) is 0 Å². The Kier molecular flexibility index (Phi) is 0.231. The molecule has 0 amide bonds. The summed E-state index contributed by atoms with van der Waals surface area (Å²) in [6, 6.07) is 0.981. The van der Waals surface area contributed by atoms with Crippen LogP contribution >= 0.6 is 0 Å². The van der Waals surface area contributed by atoms with Crippen molar-refractivity contribution in [2.45, 2.75) is 12.1 Å². The molecule has 6 heavy (non-hydrogen) atoms. The molecule has 0 N–H and O–H groups in total. The van der Waals surface area contributed by atoms with Crippen LogP contribution in [0.5, 0.6) is 0 Å². The van der Waals surface area contributed by atoms with Crippen molar-refractivity contribution in [3.05, 3.63) is 0 Å². The average molecular weight is 80.1 g/mol. The highest BCUT2D eigenvalue weighted by Crippen LogP contribution is 2.15. The normalized spacial score (nSPS) is 46.7. The minimum Gasteiger partial charge on any atom is -0.283 e. The van der Waals surface area contributed by atoms with E-state index in [1.165, 1.54) is 0 Å². The first-order valence-electron chi connectivity index (χ1n) is 2.03. The van der Waals surface area contributed by atoms with Gasteiger partial charge in [-0.2, -0.15) is 0 Å². The van der Waals surface area contributed by atoms with Gasteiger partial charge in [-0.3, -0.25) is 9.98 Å². The van der Waals surface area contributed by atoms with Crippen molar-refractivity contribution in [2.75, 3.05) is 0 Å². The minimum atomic E-state index is 0.491. The third-order valence-electron chi connectivity index (χ3n) is 0.992. The summed E-state index contributed by atoms with van der Waals surface area (Å²) in [5.41, 5.74) is 0. The molecule has 0 unspecified atom stereocenters. The fraction of sp³-hybridized carbons (Fsp3) is 0.500. The van der Waals surface area contributed by atoms with Crippen LogP contribution in [0.4, 0.5) is 0 Å². The molecule has 30 valence electrons. The highest BCUT2D eigenvalue weighted by molar-refractivity contribution is 5.92. The van der Waals surface area contributed by atoms with Gasteiger partial charge < -0.3 is 0 Å². The van der Waals surface area contributed by atoms with Crippen LogP contribution in [0.1, 0.15) is 0 Å². The van der Waals surface area contributed by atoms with E-state index in [2.05, 4.69) is 9.98 Å². The molecule has 2 rings (SSSR count). The van der Waals surface area contributed by atoms with Gasteiger partial charge in [-0.15, -0.1) is 0 Å². The highest BCUT2D eigenvalue weighted by atomic mass is 15.1. The molecule has 0 aromatic heterocycles. The maximum atomic E-state index is 3.91. The fourth-order valence-corrected chi connectivity index (χ4v) is 0.452. The van der Waals surface area contributed by atoms with E-state index in [0.717, 1.165) is 0 Å². The lowest BCUT2D eigenvalue weighted by atomic mass is 10.3. The summed E-state index contributed by atoms with van der Waals surface area (Å²) in [7, 11) is 0. The Morgan fingerprint density at radius 1 is 1.00 bits per heavy atom. The first kappa shape index (κ1) is 2.50. The van der Waals surface area contributed by atoms with Crippen LogP contribution in [0.25, 0.3) is 0 Å². The van der Waals surface area contributed by atoms with Gasteiger partial charge in [-0.1, -0.05) is 0 Å². The largest absolute Gasteiger partial charge is 0.283 e. The summed E-state index contributed by atoms with van der Waals surface area (Å²) in [6.45, 7) is 0. The zero-order valence-electron chi connectivity index (χ0n) is 3.20. The van der Waals surface area contributed by atoms with E-state index >= 15 is 0 Å². The number of nitrogens with zero attached hydrogens (tertiary/aromatic N) is 2. The van der Waals surface area contributed by atoms with Crippen molar-refractivity contribution < 1.29 is 0 Å². The SMILES string of the molecule is C1=N[C@@H]1[C@H]1C=N1. The summed E-state index contributed by atoms with van der Waals surface area (Å²) < 4.78 is 0. The molecule has 0 saturated carbocycles. The van der Waals surface area contributed by atoms with Gasteiger partial charge in [0.15, 0.2) is 0 Å². The zero-order chi connectivity index (χ0) is 3.98. The monoisotopic (exact) mass is 80.0 g/mol. The standard InChI is InChI=1S/C4H4N2/c1-3(5-1)4-2-6-4/h1-4H/t3-,4+. The first-order chi connectivity index (χ1) is 2.97. The van der Waals surface area contributed by atoms with E-state index in [-0.39, 0.29) is 0 Å². The van der Waals surface area contributed by atoms with Crippen LogP contribution in [0.3, 0.4) is 0 Å². The van der Waals surface area contributed by atoms with E-state index in [9.17, 15) is 0 Å². The molecule has 0 saturated heterocycles.